The lowest BCUT2D eigenvalue weighted by Gasteiger charge is -2.31. The highest BCUT2D eigenvalue weighted by Gasteiger charge is 2.36. The van der Waals surface area contributed by atoms with Gasteiger partial charge in [-0.05, 0) is 61.2 Å². The van der Waals surface area contributed by atoms with Gasteiger partial charge in [-0.2, -0.15) is 4.80 Å². The van der Waals surface area contributed by atoms with E-state index >= 15 is 0 Å². The van der Waals surface area contributed by atoms with E-state index < -0.39 is 6.04 Å². The summed E-state index contributed by atoms with van der Waals surface area (Å²) in [4.78, 5) is 30.0. The predicted molar refractivity (Wildman–Crippen MR) is 140 cm³/mol. The van der Waals surface area contributed by atoms with Crippen molar-refractivity contribution in [2.24, 2.45) is 0 Å². The number of rotatable bonds is 12. The van der Waals surface area contributed by atoms with Crippen molar-refractivity contribution in [3.05, 3.63) is 42.4 Å². The van der Waals surface area contributed by atoms with Crippen molar-refractivity contribution in [1.29, 1.82) is 0 Å². The summed E-state index contributed by atoms with van der Waals surface area (Å²) in [7, 11) is 3.10. The van der Waals surface area contributed by atoms with Gasteiger partial charge in [-0.3, -0.25) is 9.59 Å². The number of benzene rings is 1. The molecule has 0 spiro atoms. The fraction of sp³-hybridized carbons (Fsp3) is 0.519. The van der Waals surface area contributed by atoms with E-state index in [-0.39, 0.29) is 37.1 Å². The molecule has 0 radical (unpaired) electrons. The molecule has 2 amide bonds. The van der Waals surface area contributed by atoms with Gasteiger partial charge in [0.2, 0.25) is 11.7 Å². The Morgan fingerprint density at radius 2 is 1.88 bits per heavy atom. The number of carbonyl (C=O) groups excluding carboxylic acids is 2. The van der Waals surface area contributed by atoms with Crippen LogP contribution in [0.4, 0.5) is 0 Å². The van der Waals surface area contributed by atoms with E-state index in [1.54, 1.807) is 44.6 Å². The van der Waals surface area contributed by atoms with Gasteiger partial charge < -0.3 is 33.6 Å². The second-order valence-corrected chi connectivity index (χ2v) is 9.69. The van der Waals surface area contributed by atoms with Crippen LogP contribution in [-0.4, -0.2) is 89.7 Å². The average Bonchev–Trinajstić information content (AvgIpc) is 3.80. The highest BCUT2D eigenvalue weighted by Crippen LogP contribution is 2.31. The topological polar surface area (TPSA) is 143 Å². The first kappa shape index (κ1) is 27.6. The molecular weight excluding hydrogens is 520 g/mol. The van der Waals surface area contributed by atoms with E-state index in [4.69, 9.17) is 23.4 Å². The Morgan fingerprint density at radius 3 is 2.55 bits per heavy atom. The summed E-state index contributed by atoms with van der Waals surface area (Å²) < 4.78 is 27.8. The van der Waals surface area contributed by atoms with E-state index in [9.17, 15) is 9.59 Å². The lowest BCUT2D eigenvalue weighted by Crippen LogP contribution is -2.48. The molecule has 4 heterocycles. The number of methoxy groups -OCH3 is 2. The molecule has 40 heavy (non-hydrogen) atoms. The quantitative estimate of drug-likeness (QED) is 0.353. The second kappa shape index (κ2) is 12.9. The van der Waals surface area contributed by atoms with Crippen molar-refractivity contribution in [2.45, 2.75) is 50.5 Å². The zero-order chi connectivity index (χ0) is 27.9. The van der Waals surface area contributed by atoms with Crippen LogP contribution in [0.5, 0.6) is 11.5 Å². The number of ether oxygens (including phenoxy) is 4. The molecule has 13 heteroatoms. The largest absolute Gasteiger partial charge is 0.493 e. The first-order valence-corrected chi connectivity index (χ1v) is 13.4. The molecule has 0 aliphatic carbocycles. The summed E-state index contributed by atoms with van der Waals surface area (Å²) in [6.07, 6.45) is 4.77. The summed E-state index contributed by atoms with van der Waals surface area (Å²) in [5.41, 5.74) is 0.648. The molecule has 2 aliphatic heterocycles. The van der Waals surface area contributed by atoms with Gasteiger partial charge in [-0.15, -0.1) is 10.2 Å². The Balaban J connectivity index is 1.36. The molecule has 2 aliphatic rings. The number of hydrogen-bond acceptors (Lipinski definition) is 10. The van der Waals surface area contributed by atoms with Crippen LogP contribution in [0.2, 0.25) is 0 Å². The maximum absolute atomic E-state index is 13.8. The smallest absolute Gasteiger partial charge is 0.250 e. The van der Waals surface area contributed by atoms with Crippen LogP contribution in [0.25, 0.3) is 11.4 Å². The first-order chi connectivity index (χ1) is 19.6. The van der Waals surface area contributed by atoms with Gasteiger partial charge in [-0.1, -0.05) is 0 Å². The predicted octanol–water partition coefficient (Wildman–Crippen LogP) is 1.99. The Kier molecular flexibility index (Phi) is 8.91. The minimum atomic E-state index is -0.998. The van der Waals surface area contributed by atoms with Gasteiger partial charge in [0, 0.05) is 31.9 Å². The lowest BCUT2D eigenvalue weighted by atomic mass is 10.1. The molecule has 0 saturated carbocycles. The van der Waals surface area contributed by atoms with Crippen molar-refractivity contribution >= 4 is 11.8 Å². The molecular formula is C27H34N6O7. The van der Waals surface area contributed by atoms with Crippen LogP contribution in [0.1, 0.15) is 37.5 Å². The monoisotopic (exact) mass is 554 g/mol. The summed E-state index contributed by atoms with van der Waals surface area (Å²) in [5.74, 6) is 1.03. The number of furan rings is 1. The molecule has 3 aromatic rings. The molecule has 2 fully saturated rings. The van der Waals surface area contributed by atoms with Crippen LogP contribution in [-0.2, 0) is 25.6 Å². The third kappa shape index (κ3) is 6.42. The maximum Gasteiger partial charge on any atom is 0.250 e. The molecule has 1 aromatic carbocycles. The fourth-order valence-corrected chi connectivity index (χ4v) is 4.96. The van der Waals surface area contributed by atoms with E-state index in [1.165, 1.54) is 16.0 Å². The number of aromatic nitrogens is 4. The molecule has 0 unspecified atom stereocenters. The van der Waals surface area contributed by atoms with Crippen LogP contribution < -0.4 is 14.8 Å². The molecule has 3 atom stereocenters. The molecule has 5 rings (SSSR count). The summed E-state index contributed by atoms with van der Waals surface area (Å²) in [5, 5.41) is 15.6. The van der Waals surface area contributed by atoms with Crippen molar-refractivity contribution < 1.29 is 33.0 Å². The molecule has 2 saturated heterocycles. The van der Waals surface area contributed by atoms with E-state index in [0.29, 0.717) is 48.4 Å². The molecule has 2 aromatic heterocycles. The van der Waals surface area contributed by atoms with Gasteiger partial charge in [-0.25, -0.2) is 0 Å². The highest BCUT2D eigenvalue weighted by molar-refractivity contribution is 5.88. The van der Waals surface area contributed by atoms with Crippen LogP contribution in [0.3, 0.4) is 0 Å². The Hall–Kier alpha value is -3.97. The van der Waals surface area contributed by atoms with E-state index in [0.717, 1.165) is 25.7 Å². The minimum absolute atomic E-state index is 0.0436. The molecule has 13 nitrogen and oxygen atoms in total. The van der Waals surface area contributed by atoms with Crippen molar-refractivity contribution in [1.82, 2.24) is 30.4 Å². The highest BCUT2D eigenvalue weighted by atomic mass is 16.5. The number of amides is 2. The van der Waals surface area contributed by atoms with Crippen LogP contribution in [0.15, 0.2) is 41.0 Å². The van der Waals surface area contributed by atoms with E-state index in [2.05, 4.69) is 20.7 Å². The number of carbonyl (C=O) groups is 2. The zero-order valence-corrected chi connectivity index (χ0v) is 22.7. The maximum atomic E-state index is 13.8. The number of hydrogen-bond donors (Lipinski definition) is 1. The lowest BCUT2D eigenvalue weighted by molar-refractivity contribution is -0.144. The normalized spacial score (nSPS) is 19.4. The SMILES string of the molecule is COc1ccc(-c2nnn(CC(=O)N(C[C@H]3CCCO3)[C@H](C(=O)NC[C@@H]3CCCO3)c3ccco3)n2)cc1OC. The Labute approximate surface area is 231 Å². The van der Waals surface area contributed by atoms with Gasteiger partial charge in [0.1, 0.15) is 12.3 Å². The number of nitrogens with one attached hydrogen (secondary N) is 1. The third-order valence-electron chi connectivity index (χ3n) is 7.02. The number of nitrogens with zero attached hydrogens (tertiary/aromatic N) is 5. The summed E-state index contributed by atoms with van der Waals surface area (Å²) in [6.45, 7) is 1.64. The van der Waals surface area contributed by atoms with Crippen LogP contribution >= 0.6 is 0 Å². The fourth-order valence-electron chi connectivity index (χ4n) is 4.96. The average molecular weight is 555 g/mol. The first-order valence-electron chi connectivity index (χ1n) is 13.4. The van der Waals surface area contributed by atoms with Gasteiger partial charge in [0.25, 0.3) is 5.91 Å². The van der Waals surface area contributed by atoms with Crippen molar-refractivity contribution in [3.8, 4) is 22.9 Å². The zero-order valence-electron chi connectivity index (χ0n) is 22.7. The summed E-state index contributed by atoms with van der Waals surface area (Å²) in [6, 6.07) is 7.64. The molecule has 214 valence electrons. The van der Waals surface area contributed by atoms with Gasteiger partial charge in [0.15, 0.2) is 17.5 Å². The Morgan fingerprint density at radius 1 is 1.10 bits per heavy atom. The Bertz CT molecular complexity index is 1270. The standard InChI is InChI=1S/C27H34N6O7/c1-36-21-10-9-18(14-23(21)37-2)26-29-31-33(30-26)17-24(34)32(16-20-7-4-12-39-20)25(22-8-5-13-40-22)27(35)28-15-19-6-3-11-38-19/h5,8-10,13-14,19-20,25H,3-4,6-7,11-12,15-17H2,1-2H3,(H,28,35)/t19-,20+,25-/m0/s1. The summed E-state index contributed by atoms with van der Waals surface area (Å²) >= 11 is 0. The third-order valence-corrected chi connectivity index (χ3v) is 7.02. The van der Waals surface area contributed by atoms with E-state index in [1.807, 2.05) is 0 Å². The van der Waals surface area contributed by atoms with Crippen molar-refractivity contribution in [3.63, 3.8) is 0 Å². The minimum Gasteiger partial charge on any atom is -0.493 e. The molecule has 1 N–H and O–H groups in total. The van der Waals surface area contributed by atoms with Gasteiger partial charge >= 0.3 is 0 Å². The van der Waals surface area contributed by atoms with Crippen molar-refractivity contribution in [2.75, 3.05) is 40.5 Å². The van der Waals surface area contributed by atoms with Gasteiger partial charge in [0.05, 0.1) is 32.7 Å². The second-order valence-electron chi connectivity index (χ2n) is 9.69. The number of tetrazole rings is 1. The van der Waals surface area contributed by atoms with Crippen LogP contribution in [0, 0.1) is 0 Å². The molecule has 0 bridgehead atoms.